The van der Waals surface area contributed by atoms with Crippen molar-refractivity contribution < 1.29 is 0 Å². The summed E-state index contributed by atoms with van der Waals surface area (Å²) in [5.41, 5.74) is 1.14. The zero-order valence-corrected chi connectivity index (χ0v) is 11.5. The summed E-state index contributed by atoms with van der Waals surface area (Å²) in [7, 11) is 4.14. The van der Waals surface area contributed by atoms with E-state index in [2.05, 4.69) is 68.3 Å². The van der Waals surface area contributed by atoms with Crippen molar-refractivity contribution in [3.8, 4) is 0 Å². The van der Waals surface area contributed by atoms with Crippen LogP contribution in [0.5, 0.6) is 0 Å². The zero-order chi connectivity index (χ0) is 10.6. The predicted octanol–water partition coefficient (Wildman–Crippen LogP) is 3.19. The third-order valence-corrected chi connectivity index (χ3v) is 3.69. The number of nitrogens with zero attached hydrogens (tertiary/aromatic N) is 1. The van der Waals surface area contributed by atoms with Gasteiger partial charge in [0, 0.05) is 27.7 Å². The average Bonchev–Trinajstić information content (AvgIpc) is 2.10. The molecule has 0 amide bonds. The molecule has 0 unspecified atom stereocenters. The number of hydrogen-bond acceptors (Lipinski definition) is 2. The van der Waals surface area contributed by atoms with Gasteiger partial charge >= 0.3 is 0 Å². The van der Waals surface area contributed by atoms with Gasteiger partial charge in [0.05, 0.1) is 0 Å². The van der Waals surface area contributed by atoms with E-state index in [9.17, 15) is 0 Å². The van der Waals surface area contributed by atoms with Crippen molar-refractivity contribution in [2.24, 2.45) is 0 Å². The smallest absolute Gasteiger partial charge is 0.0352 e. The number of rotatable bonds is 4. The first-order chi connectivity index (χ1) is 6.59. The molecule has 0 spiro atoms. The molecule has 0 fully saturated rings. The minimum absolute atomic E-state index is 0.959. The summed E-state index contributed by atoms with van der Waals surface area (Å²) in [6.45, 7) is 1.99. The molecule has 0 saturated heterocycles. The summed E-state index contributed by atoms with van der Waals surface area (Å²) in [6, 6.07) is 6.16. The van der Waals surface area contributed by atoms with Crippen LogP contribution in [0, 0.1) is 0 Å². The second kappa shape index (κ2) is 5.73. The fraction of sp³-hybridized carbons (Fsp3) is 0.400. The van der Waals surface area contributed by atoms with Gasteiger partial charge in [-0.3, -0.25) is 0 Å². The van der Waals surface area contributed by atoms with Gasteiger partial charge < -0.3 is 10.2 Å². The lowest BCUT2D eigenvalue weighted by atomic mass is 10.3. The average molecular weight is 322 g/mol. The third-order valence-electron chi connectivity index (χ3n) is 1.81. The molecule has 2 nitrogen and oxygen atoms in total. The highest BCUT2D eigenvalue weighted by Crippen LogP contribution is 2.25. The number of hydrogen-bond donors (Lipinski definition) is 1. The first-order valence-electron chi connectivity index (χ1n) is 4.43. The van der Waals surface area contributed by atoms with Gasteiger partial charge in [0.2, 0.25) is 0 Å². The Morgan fingerprint density at radius 3 is 2.50 bits per heavy atom. The van der Waals surface area contributed by atoms with Gasteiger partial charge in [-0.05, 0) is 64.2 Å². The molecule has 1 N–H and O–H groups in total. The predicted molar refractivity (Wildman–Crippen MR) is 68.9 cm³/mol. The molecule has 1 rings (SSSR count). The zero-order valence-electron chi connectivity index (χ0n) is 8.35. The fourth-order valence-corrected chi connectivity index (χ4v) is 1.66. The summed E-state index contributed by atoms with van der Waals surface area (Å²) in [6.07, 6.45) is 0. The van der Waals surface area contributed by atoms with Crippen molar-refractivity contribution in [1.29, 1.82) is 0 Å². The van der Waals surface area contributed by atoms with E-state index in [1.54, 1.807) is 0 Å². The second-order valence-electron chi connectivity index (χ2n) is 3.36. The van der Waals surface area contributed by atoms with Crippen LogP contribution in [0.25, 0.3) is 0 Å². The molecule has 4 heteroatoms. The fourth-order valence-electron chi connectivity index (χ4n) is 1.03. The number of benzene rings is 1. The van der Waals surface area contributed by atoms with E-state index in [0.717, 1.165) is 27.7 Å². The molecular weight excluding hydrogens is 308 g/mol. The van der Waals surface area contributed by atoms with Crippen molar-refractivity contribution in [3.05, 3.63) is 27.1 Å². The molecule has 1 aromatic carbocycles. The summed E-state index contributed by atoms with van der Waals surface area (Å²) in [4.78, 5) is 2.15. The molecule has 0 aromatic heterocycles. The first-order valence-corrected chi connectivity index (χ1v) is 6.02. The van der Waals surface area contributed by atoms with Crippen molar-refractivity contribution in [3.63, 3.8) is 0 Å². The Kier molecular flexibility index (Phi) is 4.92. The van der Waals surface area contributed by atoms with E-state index in [1.165, 1.54) is 0 Å². The van der Waals surface area contributed by atoms with E-state index in [0.29, 0.717) is 0 Å². The number of anilines is 1. The Bertz CT molecular complexity index is 300. The molecular formula is C10H14Br2N2. The van der Waals surface area contributed by atoms with E-state index in [4.69, 9.17) is 0 Å². The maximum absolute atomic E-state index is 3.47. The Labute approximate surface area is 102 Å². The summed E-state index contributed by atoms with van der Waals surface area (Å²) >= 11 is 6.91. The van der Waals surface area contributed by atoms with Crippen molar-refractivity contribution >= 4 is 37.5 Å². The second-order valence-corrected chi connectivity index (χ2v) is 5.07. The SMILES string of the molecule is CN(C)CCNc1ccc(Br)c(Br)c1. The normalized spacial score (nSPS) is 10.6. The molecule has 0 bridgehead atoms. The van der Waals surface area contributed by atoms with Gasteiger partial charge in [-0.2, -0.15) is 0 Å². The standard InChI is InChI=1S/C10H14Br2N2/c1-14(2)6-5-13-8-3-4-9(11)10(12)7-8/h3-4,7,13H,5-6H2,1-2H3. The highest BCUT2D eigenvalue weighted by Gasteiger charge is 1.97. The summed E-state index contributed by atoms with van der Waals surface area (Å²) in [5, 5.41) is 3.35. The molecule has 0 saturated carbocycles. The largest absolute Gasteiger partial charge is 0.384 e. The molecule has 0 aliphatic heterocycles. The molecule has 0 atom stereocenters. The number of nitrogens with one attached hydrogen (secondary N) is 1. The third kappa shape index (κ3) is 3.98. The minimum atomic E-state index is 0.959. The highest BCUT2D eigenvalue weighted by molar-refractivity contribution is 9.13. The van der Waals surface area contributed by atoms with Gasteiger partial charge in [-0.15, -0.1) is 0 Å². The van der Waals surface area contributed by atoms with Crippen molar-refractivity contribution in [2.45, 2.75) is 0 Å². The van der Waals surface area contributed by atoms with E-state index >= 15 is 0 Å². The van der Waals surface area contributed by atoms with E-state index in [1.807, 2.05) is 6.07 Å². The highest BCUT2D eigenvalue weighted by atomic mass is 79.9. The van der Waals surface area contributed by atoms with Gasteiger partial charge in [0.1, 0.15) is 0 Å². The van der Waals surface area contributed by atoms with Crippen LogP contribution < -0.4 is 5.32 Å². The molecule has 0 aliphatic carbocycles. The van der Waals surface area contributed by atoms with Crippen molar-refractivity contribution in [1.82, 2.24) is 4.90 Å². The van der Waals surface area contributed by atoms with Gasteiger partial charge in [0.15, 0.2) is 0 Å². The van der Waals surface area contributed by atoms with Crippen LogP contribution in [0.2, 0.25) is 0 Å². The van der Waals surface area contributed by atoms with Crippen LogP contribution in [0.3, 0.4) is 0 Å². The molecule has 14 heavy (non-hydrogen) atoms. The lowest BCUT2D eigenvalue weighted by Crippen LogP contribution is -2.20. The van der Waals surface area contributed by atoms with Gasteiger partial charge in [-0.1, -0.05) is 0 Å². The van der Waals surface area contributed by atoms with Crippen LogP contribution in [0.1, 0.15) is 0 Å². The molecule has 78 valence electrons. The van der Waals surface area contributed by atoms with Crippen molar-refractivity contribution in [2.75, 3.05) is 32.5 Å². The Balaban J connectivity index is 2.47. The van der Waals surface area contributed by atoms with E-state index in [-0.39, 0.29) is 0 Å². The van der Waals surface area contributed by atoms with Crippen LogP contribution in [0.4, 0.5) is 5.69 Å². The van der Waals surface area contributed by atoms with Crippen LogP contribution in [-0.4, -0.2) is 32.1 Å². The topological polar surface area (TPSA) is 15.3 Å². The van der Waals surface area contributed by atoms with Gasteiger partial charge in [0.25, 0.3) is 0 Å². The monoisotopic (exact) mass is 320 g/mol. The lowest BCUT2D eigenvalue weighted by molar-refractivity contribution is 0.425. The summed E-state index contributed by atoms with van der Waals surface area (Å²) in [5.74, 6) is 0. The molecule has 1 aromatic rings. The maximum Gasteiger partial charge on any atom is 0.0352 e. The number of halogens is 2. The Morgan fingerprint density at radius 2 is 1.93 bits per heavy atom. The first kappa shape index (κ1) is 12.0. The van der Waals surface area contributed by atoms with E-state index < -0.39 is 0 Å². The van der Waals surface area contributed by atoms with Crippen LogP contribution >= 0.6 is 31.9 Å². The number of likely N-dealkylation sites (N-methyl/N-ethyl adjacent to an activating group) is 1. The lowest BCUT2D eigenvalue weighted by Gasteiger charge is -2.11. The molecule has 0 aliphatic rings. The Morgan fingerprint density at radius 1 is 1.21 bits per heavy atom. The van der Waals surface area contributed by atoms with Crippen LogP contribution in [-0.2, 0) is 0 Å². The molecule has 0 radical (unpaired) electrons. The minimum Gasteiger partial charge on any atom is -0.384 e. The molecule has 0 heterocycles. The Hall–Kier alpha value is -0.0600. The van der Waals surface area contributed by atoms with Crippen LogP contribution in [0.15, 0.2) is 27.1 Å². The maximum atomic E-state index is 3.47. The quantitative estimate of drug-likeness (QED) is 0.916. The van der Waals surface area contributed by atoms with Gasteiger partial charge in [-0.25, -0.2) is 0 Å². The summed E-state index contributed by atoms with van der Waals surface area (Å²) < 4.78 is 2.16.